The van der Waals surface area contributed by atoms with Crippen molar-refractivity contribution in [1.82, 2.24) is 4.90 Å². The molecule has 0 aromatic heterocycles. The molecule has 0 bridgehead atoms. The van der Waals surface area contributed by atoms with Crippen molar-refractivity contribution >= 4 is 15.9 Å². The summed E-state index contributed by atoms with van der Waals surface area (Å²) in [5, 5.41) is 0. The van der Waals surface area contributed by atoms with Gasteiger partial charge < -0.3 is 4.74 Å². The zero-order valence-corrected chi connectivity index (χ0v) is 12.2. The first-order valence-corrected chi connectivity index (χ1v) is 7.13. The van der Waals surface area contributed by atoms with Crippen LogP contribution in [0.2, 0.25) is 0 Å². The largest absolute Gasteiger partial charge is 0.384 e. The third-order valence-electron chi connectivity index (χ3n) is 3.50. The first-order chi connectivity index (χ1) is 8.69. The maximum atomic E-state index is 13.1. The molecule has 1 aromatic carbocycles. The summed E-state index contributed by atoms with van der Waals surface area (Å²) < 4.78 is 18.9. The Morgan fingerprint density at radius 3 is 2.72 bits per heavy atom. The maximum Gasteiger partial charge on any atom is 0.137 e. The Balaban J connectivity index is 1.85. The van der Waals surface area contributed by atoms with Gasteiger partial charge in [0.15, 0.2) is 0 Å². The van der Waals surface area contributed by atoms with E-state index in [2.05, 4.69) is 20.8 Å². The molecule has 1 aromatic rings. The minimum atomic E-state index is -0.197. The lowest BCUT2D eigenvalue weighted by molar-refractivity contribution is 0.0968. The molecule has 1 heterocycles. The van der Waals surface area contributed by atoms with Crippen molar-refractivity contribution in [3.8, 4) is 0 Å². The summed E-state index contributed by atoms with van der Waals surface area (Å²) in [6.45, 7) is 3.97. The van der Waals surface area contributed by atoms with Crippen LogP contribution < -0.4 is 0 Å². The van der Waals surface area contributed by atoms with Gasteiger partial charge in [-0.3, -0.25) is 4.90 Å². The molecule has 0 N–H and O–H groups in total. The number of benzene rings is 1. The van der Waals surface area contributed by atoms with Gasteiger partial charge in [0.25, 0.3) is 0 Å². The van der Waals surface area contributed by atoms with Crippen molar-refractivity contribution in [3.63, 3.8) is 0 Å². The van der Waals surface area contributed by atoms with Gasteiger partial charge >= 0.3 is 0 Å². The van der Waals surface area contributed by atoms with E-state index in [1.165, 1.54) is 18.9 Å². The normalized spacial score (nSPS) is 18.2. The van der Waals surface area contributed by atoms with Crippen LogP contribution in [0.5, 0.6) is 0 Å². The molecule has 100 valence electrons. The van der Waals surface area contributed by atoms with Crippen LogP contribution in [0, 0.1) is 11.7 Å². The molecule has 0 amide bonds. The zero-order chi connectivity index (χ0) is 13.0. The summed E-state index contributed by atoms with van der Waals surface area (Å²) in [7, 11) is 1.77. The van der Waals surface area contributed by atoms with E-state index in [1.807, 2.05) is 12.1 Å². The van der Waals surface area contributed by atoms with Crippen molar-refractivity contribution in [2.24, 2.45) is 5.92 Å². The predicted molar refractivity (Wildman–Crippen MR) is 74.0 cm³/mol. The molecule has 0 aliphatic carbocycles. The lowest BCUT2D eigenvalue weighted by Gasteiger charge is -2.31. The highest BCUT2D eigenvalue weighted by Gasteiger charge is 2.19. The van der Waals surface area contributed by atoms with E-state index in [0.717, 1.165) is 31.8 Å². The Hall–Kier alpha value is -0.450. The average molecular weight is 316 g/mol. The van der Waals surface area contributed by atoms with E-state index in [9.17, 15) is 4.39 Å². The number of ether oxygens (including phenoxy) is 1. The Labute approximate surface area is 116 Å². The van der Waals surface area contributed by atoms with Gasteiger partial charge in [0.05, 0.1) is 4.47 Å². The van der Waals surface area contributed by atoms with Gasteiger partial charge in [0.2, 0.25) is 0 Å². The quantitative estimate of drug-likeness (QED) is 0.844. The highest BCUT2D eigenvalue weighted by molar-refractivity contribution is 9.10. The second-order valence-electron chi connectivity index (χ2n) is 4.92. The fraction of sp³-hybridized carbons (Fsp3) is 0.571. The van der Waals surface area contributed by atoms with Crippen LogP contribution >= 0.6 is 15.9 Å². The smallest absolute Gasteiger partial charge is 0.137 e. The van der Waals surface area contributed by atoms with Crippen molar-refractivity contribution in [3.05, 3.63) is 34.1 Å². The fourth-order valence-corrected chi connectivity index (χ4v) is 2.87. The van der Waals surface area contributed by atoms with Crippen LogP contribution in [0.1, 0.15) is 18.4 Å². The third-order valence-corrected chi connectivity index (χ3v) is 4.11. The molecular weight excluding hydrogens is 297 g/mol. The topological polar surface area (TPSA) is 12.5 Å². The Morgan fingerprint density at radius 2 is 2.11 bits per heavy atom. The van der Waals surface area contributed by atoms with Crippen LogP contribution in [0.4, 0.5) is 4.39 Å². The lowest BCUT2D eigenvalue weighted by Crippen LogP contribution is -2.34. The molecule has 1 fully saturated rings. The standard InChI is InChI=1S/C14H19BrFNO/c1-18-10-11-4-6-17(7-5-11)9-12-2-3-14(16)13(15)8-12/h2-3,8,11H,4-7,9-10H2,1H3. The molecule has 0 saturated carbocycles. The molecule has 4 heteroatoms. The molecule has 18 heavy (non-hydrogen) atoms. The van der Waals surface area contributed by atoms with E-state index in [1.54, 1.807) is 7.11 Å². The molecule has 0 radical (unpaired) electrons. The number of nitrogens with zero attached hydrogens (tertiary/aromatic N) is 1. The molecule has 2 nitrogen and oxygen atoms in total. The minimum Gasteiger partial charge on any atom is -0.384 e. The number of rotatable bonds is 4. The monoisotopic (exact) mass is 315 g/mol. The highest BCUT2D eigenvalue weighted by atomic mass is 79.9. The van der Waals surface area contributed by atoms with Gasteiger partial charge in [-0.2, -0.15) is 0 Å². The van der Waals surface area contributed by atoms with Crippen LogP contribution in [0.25, 0.3) is 0 Å². The summed E-state index contributed by atoms with van der Waals surface area (Å²) in [5.74, 6) is 0.503. The second-order valence-corrected chi connectivity index (χ2v) is 5.78. The van der Waals surface area contributed by atoms with Crippen LogP contribution in [0.3, 0.4) is 0 Å². The number of piperidine rings is 1. The van der Waals surface area contributed by atoms with Gasteiger partial charge in [0.1, 0.15) is 5.82 Å². The van der Waals surface area contributed by atoms with Crippen molar-refractivity contribution in [2.45, 2.75) is 19.4 Å². The Bertz CT molecular complexity index is 391. The lowest BCUT2D eigenvalue weighted by atomic mass is 9.97. The molecule has 1 aliphatic heterocycles. The van der Waals surface area contributed by atoms with Gasteiger partial charge in [-0.05, 0) is 65.5 Å². The van der Waals surface area contributed by atoms with E-state index in [0.29, 0.717) is 10.4 Å². The Kier molecular flexibility index (Phi) is 5.15. The van der Waals surface area contributed by atoms with Gasteiger partial charge in [-0.15, -0.1) is 0 Å². The van der Waals surface area contributed by atoms with E-state index < -0.39 is 0 Å². The SMILES string of the molecule is COCC1CCN(Cc2ccc(F)c(Br)c2)CC1. The third kappa shape index (κ3) is 3.77. The van der Waals surface area contributed by atoms with E-state index in [4.69, 9.17) is 4.74 Å². The van der Waals surface area contributed by atoms with Gasteiger partial charge in [0, 0.05) is 20.3 Å². The van der Waals surface area contributed by atoms with Gasteiger partial charge in [-0.25, -0.2) is 4.39 Å². The summed E-state index contributed by atoms with van der Waals surface area (Å²) in [4.78, 5) is 2.42. The fourth-order valence-electron chi connectivity index (χ4n) is 2.44. The second kappa shape index (κ2) is 6.64. The molecule has 0 unspecified atom stereocenters. The summed E-state index contributed by atoms with van der Waals surface area (Å²) >= 11 is 3.23. The minimum absolute atomic E-state index is 0.197. The first-order valence-electron chi connectivity index (χ1n) is 6.34. The molecule has 0 atom stereocenters. The summed E-state index contributed by atoms with van der Waals surface area (Å²) in [5.41, 5.74) is 1.16. The predicted octanol–water partition coefficient (Wildman–Crippen LogP) is 3.45. The van der Waals surface area contributed by atoms with Crippen molar-refractivity contribution in [1.29, 1.82) is 0 Å². The van der Waals surface area contributed by atoms with Crippen molar-refractivity contribution in [2.75, 3.05) is 26.8 Å². The van der Waals surface area contributed by atoms with Crippen LogP contribution in [-0.2, 0) is 11.3 Å². The maximum absolute atomic E-state index is 13.1. The highest BCUT2D eigenvalue weighted by Crippen LogP contribution is 2.21. The van der Waals surface area contributed by atoms with E-state index in [-0.39, 0.29) is 5.82 Å². The number of hydrogen-bond acceptors (Lipinski definition) is 2. The van der Waals surface area contributed by atoms with Crippen LogP contribution in [-0.4, -0.2) is 31.7 Å². The van der Waals surface area contributed by atoms with Gasteiger partial charge in [-0.1, -0.05) is 6.07 Å². The number of halogens is 2. The number of likely N-dealkylation sites (tertiary alicyclic amines) is 1. The van der Waals surface area contributed by atoms with Crippen molar-refractivity contribution < 1.29 is 9.13 Å². The Morgan fingerprint density at radius 1 is 1.39 bits per heavy atom. The summed E-state index contributed by atoms with van der Waals surface area (Å²) in [6.07, 6.45) is 2.38. The number of hydrogen-bond donors (Lipinski definition) is 0. The molecule has 0 spiro atoms. The van der Waals surface area contributed by atoms with Crippen LogP contribution in [0.15, 0.2) is 22.7 Å². The average Bonchev–Trinajstić information content (AvgIpc) is 2.37. The molecule has 1 saturated heterocycles. The molecular formula is C14H19BrFNO. The molecule has 1 aliphatic rings. The number of methoxy groups -OCH3 is 1. The molecule has 2 rings (SSSR count). The first kappa shape index (κ1) is 14.0. The van der Waals surface area contributed by atoms with E-state index >= 15 is 0 Å². The summed E-state index contributed by atoms with van der Waals surface area (Å²) in [6, 6.07) is 5.26. The zero-order valence-electron chi connectivity index (χ0n) is 10.7.